The first-order valence-corrected chi connectivity index (χ1v) is 8.17. The van der Waals surface area contributed by atoms with E-state index in [1.807, 2.05) is 0 Å². The fourth-order valence-corrected chi connectivity index (χ4v) is 3.49. The smallest absolute Gasteiger partial charge is 0.376 e. The number of carbonyl (C=O) groups excluding carboxylic acids is 1. The molecule has 136 valence electrons. The van der Waals surface area contributed by atoms with Crippen molar-refractivity contribution in [2.75, 3.05) is 5.32 Å². The molecule has 3 rings (SSSR count). The number of ketones is 1. The summed E-state index contributed by atoms with van der Waals surface area (Å²) in [4.78, 5) is 12.6. The molecule has 0 amide bonds. The van der Waals surface area contributed by atoms with Crippen LogP contribution < -0.4 is 5.32 Å². The summed E-state index contributed by atoms with van der Waals surface area (Å²) in [6.07, 6.45) is -3.78. The molecule has 0 aliphatic heterocycles. The Morgan fingerprint density at radius 3 is 2.38 bits per heavy atom. The van der Waals surface area contributed by atoms with Gasteiger partial charge in [-0.05, 0) is 24.3 Å². The van der Waals surface area contributed by atoms with Crippen LogP contribution in [-0.4, -0.2) is 18.0 Å². The number of benzene rings is 2. The van der Waals surface area contributed by atoms with Gasteiger partial charge < -0.3 is 5.32 Å². The van der Waals surface area contributed by atoms with Gasteiger partial charge in [0.05, 0.1) is 28.6 Å². The minimum absolute atomic E-state index is 0.287. The Labute approximate surface area is 152 Å². The molecule has 1 N–H and O–H groups in total. The number of para-hydroxylation sites is 1. The minimum Gasteiger partial charge on any atom is -0.376 e. The second-order valence-electron chi connectivity index (χ2n) is 6.07. The van der Waals surface area contributed by atoms with E-state index in [-0.39, 0.29) is 10.6 Å². The van der Waals surface area contributed by atoms with Crippen LogP contribution in [0.3, 0.4) is 0 Å². The summed E-state index contributed by atoms with van der Waals surface area (Å²) in [5.41, 5.74) is -2.07. The molecule has 0 aromatic heterocycles. The van der Waals surface area contributed by atoms with Gasteiger partial charge in [-0.3, -0.25) is 4.79 Å². The first-order chi connectivity index (χ1) is 12.2. The summed E-state index contributed by atoms with van der Waals surface area (Å²) in [5, 5.41) is 3.16. The second kappa shape index (κ2) is 6.76. The SMILES string of the molecule is O=C1C=C[C@@H](Nc2ccccc2Cl)[C@@]1(CC(F)(F)F)c1ccccc1F. The van der Waals surface area contributed by atoms with Crippen LogP contribution in [-0.2, 0) is 10.2 Å². The summed E-state index contributed by atoms with van der Waals surface area (Å²) < 4.78 is 54.6. The van der Waals surface area contributed by atoms with Crippen molar-refractivity contribution >= 4 is 23.1 Å². The highest BCUT2D eigenvalue weighted by Gasteiger charge is 2.55. The van der Waals surface area contributed by atoms with Gasteiger partial charge in [-0.1, -0.05) is 48.0 Å². The molecule has 2 aromatic rings. The lowest BCUT2D eigenvalue weighted by Gasteiger charge is -2.36. The third-order valence-electron chi connectivity index (χ3n) is 4.43. The van der Waals surface area contributed by atoms with E-state index in [1.165, 1.54) is 24.3 Å². The Hall–Kier alpha value is -2.34. The molecule has 2 atom stereocenters. The molecule has 0 saturated carbocycles. The number of nitrogens with one attached hydrogen (secondary N) is 1. The van der Waals surface area contributed by atoms with Crippen LogP contribution in [0.25, 0.3) is 0 Å². The number of rotatable bonds is 4. The fraction of sp³-hybridized carbons (Fsp3) is 0.211. The first kappa shape index (κ1) is 18.5. The van der Waals surface area contributed by atoms with Crippen LogP contribution in [0.2, 0.25) is 5.02 Å². The number of halogens is 5. The highest BCUT2D eigenvalue weighted by Crippen LogP contribution is 2.45. The predicted molar refractivity (Wildman–Crippen MR) is 91.8 cm³/mol. The number of allylic oxidation sites excluding steroid dienone is 1. The zero-order valence-electron chi connectivity index (χ0n) is 13.4. The number of hydrogen-bond donors (Lipinski definition) is 1. The Kier molecular flexibility index (Phi) is 4.80. The summed E-state index contributed by atoms with van der Waals surface area (Å²) in [6, 6.07) is 10.4. The monoisotopic (exact) mass is 383 g/mol. The zero-order valence-corrected chi connectivity index (χ0v) is 14.1. The first-order valence-electron chi connectivity index (χ1n) is 7.79. The van der Waals surface area contributed by atoms with Crippen molar-refractivity contribution in [3.8, 4) is 0 Å². The molecule has 0 spiro atoms. The molecule has 0 bridgehead atoms. The molecule has 0 saturated heterocycles. The van der Waals surface area contributed by atoms with Crippen LogP contribution in [0, 0.1) is 5.82 Å². The summed E-state index contributed by atoms with van der Waals surface area (Å²) in [7, 11) is 0. The topological polar surface area (TPSA) is 29.1 Å². The molecule has 26 heavy (non-hydrogen) atoms. The number of hydrogen-bond acceptors (Lipinski definition) is 2. The van der Waals surface area contributed by atoms with Crippen molar-refractivity contribution in [1.29, 1.82) is 0 Å². The van der Waals surface area contributed by atoms with Gasteiger partial charge in [0.1, 0.15) is 5.82 Å². The van der Waals surface area contributed by atoms with Crippen molar-refractivity contribution in [1.82, 2.24) is 0 Å². The maximum atomic E-state index is 14.4. The van der Waals surface area contributed by atoms with Crippen LogP contribution in [0.15, 0.2) is 60.7 Å². The quantitative estimate of drug-likeness (QED) is 0.727. The standard InChI is InChI=1S/C19H14ClF4NO/c20-13-6-2-4-8-15(13)25-16-9-10-17(26)18(16,11-19(22,23)24)12-5-1-3-7-14(12)21/h1-10,16,25H,11H2/t16-,18-/m1/s1. The van der Waals surface area contributed by atoms with Gasteiger partial charge in [-0.2, -0.15) is 13.2 Å². The van der Waals surface area contributed by atoms with Gasteiger partial charge in [-0.15, -0.1) is 0 Å². The summed E-state index contributed by atoms with van der Waals surface area (Å²) in [5.74, 6) is -1.66. The third-order valence-corrected chi connectivity index (χ3v) is 4.76. The van der Waals surface area contributed by atoms with Crippen molar-refractivity contribution in [2.45, 2.75) is 24.1 Å². The molecule has 1 aliphatic carbocycles. The van der Waals surface area contributed by atoms with Gasteiger partial charge in [-0.25, -0.2) is 4.39 Å². The van der Waals surface area contributed by atoms with E-state index in [0.717, 1.165) is 12.1 Å². The highest BCUT2D eigenvalue weighted by atomic mass is 35.5. The molecule has 1 aliphatic rings. The predicted octanol–water partition coefficient (Wildman–Crippen LogP) is 5.29. The van der Waals surface area contributed by atoms with E-state index < -0.39 is 35.7 Å². The molecule has 2 aromatic carbocycles. The molecule has 0 radical (unpaired) electrons. The average molecular weight is 384 g/mol. The average Bonchev–Trinajstić information content (AvgIpc) is 2.86. The normalized spacial score (nSPS) is 22.7. The van der Waals surface area contributed by atoms with Gasteiger partial charge in [0, 0.05) is 5.56 Å². The van der Waals surface area contributed by atoms with Gasteiger partial charge >= 0.3 is 6.18 Å². The molecule has 0 fully saturated rings. The van der Waals surface area contributed by atoms with E-state index in [2.05, 4.69) is 5.32 Å². The van der Waals surface area contributed by atoms with Crippen LogP contribution >= 0.6 is 11.6 Å². The molecule has 7 heteroatoms. The van der Waals surface area contributed by atoms with E-state index in [1.54, 1.807) is 24.3 Å². The molecule has 0 heterocycles. The van der Waals surface area contributed by atoms with Crippen molar-refractivity contribution in [3.05, 3.63) is 77.1 Å². The molecular weight excluding hydrogens is 370 g/mol. The van der Waals surface area contributed by atoms with Gasteiger partial charge in [0.2, 0.25) is 0 Å². The maximum absolute atomic E-state index is 14.4. The molecular formula is C19H14ClF4NO. The largest absolute Gasteiger partial charge is 0.390 e. The third kappa shape index (κ3) is 3.33. The van der Waals surface area contributed by atoms with Crippen molar-refractivity contribution < 1.29 is 22.4 Å². The van der Waals surface area contributed by atoms with Crippen LogP contribution in [0.5, 0.6) is 0 Å². The van der Waals surface area contributed by atoms with E-state index in [4.69, 9.17) is 11.6 Å². The Bertz CT molecular complexity index is 865. The lowest BCUT2D eigenvalue weighted by Crippen LogP contribution is -2.49. The lowest BCUT2D eigenvalue weighted by molar-refractivity contribution is -0.155. The Morgan fingerprint density at radius 2 is 1.73 bits per heavy atom. The van der Waals surface area contributed by atoms with Gasteiger partial charge in [0.25, 0.3) is 0 Å². The Balaban J connectivity index is 2.12. The van der Waals surface area contributed by atoms with Gasteiger partial charge in [0.15, 0.2) is 5.78 Å². The van der Waals surface area contributed by atoms with E-state index in [9.17, 15) is 22.4 Å². The van der Waals surface area contributed by atoms with Crippen LogP contribution in [0.1, 0.15) is 12.0 Å². The number of carbonyl (C=O) groups is 1. The summed E-state index contributed by atoms with van der Waals surface area (Å²) >= 11 is 6.07. The van der Waals surface area contributed by atoms with Crippen molar-refractivity contribution in [2.24, 2.45) is 0 Å². The molecule has 2 nitrogen and oxygen atoms in total. The van der Waals surface area contributed by atoms with Crippen LogP contribution in [0.4, 0.5) is 23.2 Å². The lowest BCUT2D eigenvalue weighted by atomic mass is 9.71. The summed E-state index contributed by atoms with van der Waals surface area (Å²) in [6.45, 7) is 0. The number of anilines is 1. The van der Waals surface area contributed by atoms with Crippen molar-refractivity contribution in [3.63, 3.8) is 0 Å². The van der Waals surface area contributed by atoms with E-state index >= 15 is 0 Å². The Morgan fingerprint density at radius 1 is 1.08 bits per heavy atom. The second-order valence-corrected chi connectivity index (χ2v) is 6.48. The highest BCUT2D eigenvalue weighted by molar-refractivity contribution is 6.33. The van der Waals surface area contributed by atoms with E-state index in [0.29, 0.717) is 5.69 Å². The number of alkyl halides is 3. The minimum atomic E-state index is -4.68. The molecule has 0 unspecified atom stereocenters. The maximum Gasteiger partial charge on any atom is 0.390 e. The fourth-order valence-electron chi connectivity index (χ4n) is 3.30. The zero-order chi connectivity index (χ0) is 18.9.